The molecule has 1 amide bonds. The first kappa shape index (κ1) is 31.6. The summed E-state index contributed by atoms with van der Waals surface area (Å²) in [5.74, 6) is -0.785. The molecule has 8 nitrogen and oxygen atoms in total. The van der Waals surface area contributed by atoms with Crippen LogP contribution in [0.15, 0.2) is 0 Å². The van der Waals surface area contributed by atoms with Gasteiger partial charge in [0.25, 0.3) is 0 Å². The average molecular weight is 501 g/mol. The summed E-state index contributed by atoms with van der Waals surface area (Å²) >= 11 is 0. The minimum Gasteiger partial charge on any atom is -0.460 e. The van der Waals surface area contributed by atoms with Crippen molar-refractivity contribution in [3.8, 4) is 0 Å². The number of amides is 1. The molecule has 1 aliphatic heterocycles. The van der Waals surface area contributed by atoms with Gasteiger partial charge in [-0.15, -0.1) is 0 Å². The Labute approximate surface area is 213 Å². The van der Waals surface area contributed by atoms with E-state index in [2.05, 4.69) is 12.2 Å². The molecule has 35 heavy (non-hydrogen) atoms. The van der Waals surface area contributed by atoms with Crippen molar-refractivity contribution in [2.45, 2.75) is 128 Å². The number of esters is 1. The highest BCUT2D eigenvalue weighted by molar-refractivity contribution is 5.79. The molecule has 1 aliphatic rings. The van der Waals surface area contributed by atoms with Gasteiger partial charge >= 0.3 is 12.1 Å². The summed E-state index contributed by atoms with van der Waals surface area (Å²) in [4.78, 5) is 26.7. The highest BCUT2D eigenvalue weighted by Gasteiger charge is 2.35. The van der Waals surface area contributed by atoms with Crippen LogP contribution in [0.4, 0.5) is 4.79 Å². The van der Waals surface area contributed by atoms with Crippen molar-refractivity contribution in [2.75, 3.05) is 32.8 Å². The van der Waals surface area contributed by atoms with Crippen LogP contribution < -0.4 is 5.32 Å². The summed E-state index contributed by atoms with van der Waals surface area (Å²) in [5, 5.41) is 22.6. The molecule has 0 aliphatic carbocycles. The Bertz CT molecular complexity index is 542. The number of carbonyl (C=O) groups is 2. The fraction of sp³-hybridized carbons (Fsp3) is 0.926. The van der Waals surface area contributed by atoms with E-state index in [1.807, 2.05) is 6.92 Å². The largest absolute Gasteiger partial charge is 0.460 e. The Morgan fingerprint density at radius 2 is 1.34 bits per heavy atom. The van der Waals surface area contributed by atoms with Gasteiger partial charge in [-0.05, 0) is 19.3 Å². The van der Waals surface area contributed by atoms with Crippen LogP contribution in [0.1, 0.15) is 110 Å². The Morgan fingerprint density at radius 1 is 0.800 bits per heavy atom. The molecule has 3 atom stereocenters. The van der Waals surface area contributed by atoms with E-state index in [1.54, 1.807) is 0 Å². The third-order valence-corrected chi connectivity index (χ3v) is 6.64. The molecule has 0 bridgehead atoms. The van der Waals surface area contributed by atoms with Gasteiger partial charge in [-0.1, -0.05) is 90.9 Å². The van der Waals surface area contributed by atoms with E-state index in [0.29, 0.717) is 26.2 Å². The number of nitrogens with zero attached hydrogens (tertiary/aromatic N) is 1. The highest BCUT2D eigenvalue weighted by Crippen LogP contribution is 2.17. The lowest BCUT2D eigenvalue weighted by molar-refractivity contribution is -0.168. The van der Waals surface area contributed by atoms with Crippen molar-refractivity contribution in [2.24, 2.45) is 0 Å². The molecule has 1 fully saturated rings. The summed E-state index contributed by atoms with van der Waals surface area (Å²) in [6, 6.07) is 0. The predicted octanol–water partition coefficient (Wildman–Crippen LogP) is 4.55. The number of piperazine rings is 1. The lowest BCUT2D eigenvalue weighted by Gasteiger charge is -2.30. The lowest BCUT2D eigenvalue weighted by Crippen LogP contribution is -2.50. The predicted molar refractivity (Wildman–Crippen MR) is 138 cm³/mol. The van der Waals surface area contributed by atoms with Gasteiger partial charge in [-0.25, -0.2) is 9.59 Å². The van der Waals surface area contributed by atoms with Gasteiger partial charge in [-0.2, -0.15) is 0 Å². The molecule has 0 radical (unpaired) electrons. The van der Waals surface area contributed by atoms with Gasteiger partial charge in [0.15, 0.2) is 0 Å². The smallest absolute Gasteiger partial charge is 0.410 e. The number of rotatable bonds is 20. The molecule has 0 spiro atoms. The van der Waals surface area contributed by atoms with Gasteiger partial charge in [0, 0.05) is 26.2 Å². The Morgan fingerprint density at radius 3 is 1.86 bits per heavy atom. The summed E-state index contributed by atoms with van der Waals surface area (Å²) in [5.41, 5.74) is 0. The van der Waals surface area contributed by atoms with Crippen molar-refractivity contribution in [3.63, 3.8) is 0 Å². The number of ether oxygens (including phenoxy) is 2. The second-order valence-corrected chi connectivity index (χ2v) is 9.82. The van der Waals surface area contributed by atoms with Crippen molar-refractivity contribution in [1.82, 2.24) is 10.2 Å². The fourth-order valence-corrected chi connectivity index (χ4v) is 4.44. The summed E-state index contributed by atoms with van der Waals surface area (Å²) < 4.78 is 10.9. The maximum Gasteiger partial charge on any atom is 0.410 e. The van der Waals surface area contributed by atoms with Crippen LogP contribution in [0.3, 0.4) is 0 Å². The van der Waals surface area contributed by atoms with Gasteiger partial charge in [0.05, 0.1) is 6.61 Å². The Kier molecular flexibility index (Phi) is 18.8. The highest BCUT2D eigenvalue weighted by atomic mass is 16.6. The summed E-state index contributed by atoms with van der Waals surface area (Å²) in [6.45, 7) is 5.81. The summed E-state index contributed by atoms with van der Waals surface area (Å²) in [6.07, 6.45) is 13.6. The van der Waals surface area contributed by atoms with E-state index in [-0.39, 0.29) is 6.10 Å². The zero-order valence-electron chi connectivity index (χ0n) is 22.3. The van der Waals surface area contributed by atoms with E-state index in [0.717, 1.165) is 32.1 Å². The molecule has 0 aromatic heterocycles. The molecular weight excluding hydrogens is 448 g/mol. The quantitative estimate of drug-likeness (QED) is 0.166. The van der Waals surface area contributed by atoms with Crippen molar-refractivity contribution >= 4 is 12.1 Å². The molecule has 8 heteroatoms. The first-order valence-electron chi connectivity index (χ1n) is 14.2. The van der Waals surface area contributed by atoms with Crippen LogP contribution in [0.25, 0.3) is 0 Å². The van der Waals surface area contributed by atoms with Crippen LogP contribution in [0, 0.1) is 0 Å². The standard InChI is InChI=1S/C27H52N2O6/c1-3-5-6-7-8-9-10-11-12-13-14-15-17-23(16-4-2)34-26(32)25(24(31)22-30)35-27(33)29-20-18-28-19-21-29/h23-25,28,30-31H,3-22H2,1-2H3. The Hall–Kier alpha value is -1.38. The first-order valence-corrected chi connectivity index (χ1v) is 14.2. The molecule has 1 heterocycles. The van der Waals surface area contributed by atoms with Crippen molar-refractivity contribution < 1.29 is 29.3 Å². The minimum atomic E-state index is -1.52. The zero-order chi connectivity index (χ0) is 25.7. The topological polar surface area (TPSA) is 108 Å². The fourth-order valence-electron chi connectivity index (χ4n) is 4.44. The number of unbranched alkanes of at least 4 members (excludes halogenated alkanes) is 11. The molecule has 0 aromatic rings. The Balaban J connectivity index is 2.32. The summed E-state index contributed by atoms with van der Waals surface area (Å²) in [7, 11) is 0. The molecule has 1 rings (SSSR count). The molecule has 1 saturated heterocycles. The normalized spacial score (nSPS) is 16.5. The number of hydrogen-bond donors (Lipinski definition) is 3. The third-order valence-electron chi connectivity index (χ3n) is 6.64. The van der Waals surface area contributed by atoms with Crippen LogP contribution in [0.2, 0.25) is 0 Å². The van der Waals surface area contributed by atoms with E-state index >= 15 is 0 Å². The SMILES string of the molecule is CCCCCCCCCCCCCCC(CCC)OC(=O)C(OC(=O)N1CCNCC1)C(O)CO. The number of carbonyl (C=O) groups excluding carboxylic acids is 2. The maximum absolute atomic E-state index is 12.8. The monoisotopic (exact) mass is 500 g/mol. The average Bonchev–Trinajstić information content (AvgIpc) is 2.87. The van der Waals surface area contributed by atoms with Gasteiger partial charge in [0.2, 0.25) is 6.10 Å². The second-order valence-electron chi connectivity index (χ2n) is 9.82. The van der Waals surface area contributed by atoms with Crippen LogP contribution >= 0.6 is 0 Å². The van der Waals surface area contributed by atoms with E-state index < -0.39 is 30.9 Å². The van der Waals surface area contributed by atoms with Gasteiger partial charge < -0.3 is 29.9 Å². The minimum absolute atomic E-state index is 0.276. The molecule has 0 saturated carbocycles. The lowest BCUT2D eigenvalue weighted by atomic mass is 10.0. The van der Waals surface area contributed by atoms with Crippen LogP contribution in [-0.4, -0.2) is 78.3 Å². The van der Waals surface area contributed by atoms with E-state index in [9.17, 15) is 19.8 Å². The van der Waals surface area contributed by atoms with Crippen LogP contribution in [0.5, 0.6) is 0 Å². The molecular formula is C27H52N2O6. The molecule has 3 N–H and O–H groups in total. The molecule has 0 aromatic carbocycles. The van der Waals surface area contributed by atoms with E-state index in [1.165, 1.54) is 69.1 Å². The third kappa shape index (κ3) is 14.7. The zero-order valence-corrected chi connectivity index (χ0v) is 22.3. The number of aliphatic hydroxyl groups excluding tert-OH is 2. The second kappa shape index (κ2) is 20.8. The number of aliphatic hydroxyl groups is 2. The van der Waals surface area contributed by atoms with Crippen molar-refractivity contribution in [3.05, 3.63) is 0 Å². The van der Waals surface area contributed by atoms with E-state index in [4.69, 9.17) is 9.47 Å². The molecule has 3 unspecified atom stereocenters. The van der Waals surface area contributed by atoms with Gasteiger partial charge in [-0.3, -0.25) is 0 Å². The van der Waals surface area contributed by atoms with Crippen molar-refractivity contribution in [1.29, 1.82) is 0 Å². The number of nitrogens with one attached hydrogen (secondary N) is 1. The number of hydrogen-bond acceptors (Lipinski definition) is 7. The van der Waals surface area contributed by atoms with Crippen LogP contribution in [-0.2, 0) is 14.3 Å². The van der Waals surface area contributed by atoms with Gasteiger partial charge in [0.1, 0.15) is 12.2 Å². The first-order chi connectivity index (χ1) is 17.0. The molecule has 206 valence electrons. The maximum atomic E-state index is 12.8.